The highest BCUT2D eigenvalue weighted by Gasteiger charge is 2.27. The Labute approximate surface area is 115 Å². The first kappa shape index (κ1) is 15.6. The van der Waals surface area contributed by atoms with E-state index in [2.05, 4.69) is 15.2 Å². The number of rotatable bonds is 5. The van der Waals surface area contributed by atoms with Gasteiger partial charge in [0.05, 0.1) is 12.0 Å². The first-order valence-electron chi connectivity index (χ1n) is 5.84. The third kappa shape index (κ3) is 3.11. The van der Waals surface area contributed by atoms with Crippen molar-refractivity contribution < 1.29 is 19.2 Å². The second-order valence-corrected chi connectivity index (χ2v) is 4.19. The monoisotopic (exact) mass is 284 g/mol. The van der Waals surface area contributed by atoms with E-state index in [4.69, 9.17) is 0 Å². The molecule has 0 saturated heterocycles. The predicted molar refractivity (Wildman–Crippen MR) is 68.1 cm³/mol. The number of nitrogens with zero attached hydrogens (tertiary/aromatic N) is 3. The summed E-state index contributed by atoms with van der Waals surface area (Å²) in [6, 6.07) is -0.771. The van der Waals surface area contributed by atoms with Crippen molar-refractivity contribution in [3.63, 3.8) is 0 Å². The van der Waals surface area contributed by atoms with Crippen LogP contribution in [0.25, 0.3) is 0 Å². The van der Waals surface area contributed by atoms with E-state index in [1.165, 1.54) is 32.6 Å². The van der Waals surface area contributed by atoms with Crippen molar-refractivity contribution >= 4 is 17.6 Å². The van der Waals surface area contributed by atoms with Crippen molar-refractivity contribution in [2.75, 3.05) is 13.7 Å². The van der Waals surface area contributed by atoms with Crippen molar-refractivity contribution in [1.82, 2.24) is 15.1 Å². The molecule has 0 aliphatic rings. The van der Waals surface area contributed by atoms with Gasteiger partial charge in [0.1, 0.15) is 24.0 Å². The number of hydrogen-bond acceptors (Lipinski definition) is 6. The zero-order chi connectivity index (χ0) is 15.4. The van der Waals surface area contributed by atoms with Crippen LogP contribution >= 0.6 is 0 Å². The number of aromatic nitrogens is 2. The zero-order valence-corrected chi connectivity index (χ0v) is 11.7. The molecule has 1 heterocycles. The molecule has 0 radical (unpaired) electrons. The zero-order valence-electron chi connectivity index (χ0n) is 11.7. The van der Waals surface area contributed by atoms with Crippen LogP contribution in [0.2, 0.25) is 0 Å². The lowest BCUT2D eigenvalue weighted by molar-refractivity contribution is -0.386. The standard InChI is InChI=1S/C11H16N4O5/c1-6-10(15(18)19)7(2)14(13-6)8(3)11(17)12-5-9(16)20-4/h8H,5H2,1-4H3,(H,12,17). The van der Waals surface area contributed by atoms with Gasteiger partial charge in [-0.2, -0.15) is 5.10 Å². The van der Waals surface area contributed by atoms with Crippen LogP contribution in [0.1, 0.15) is 24.4 Å². The second kappa shape index (κ2) is 6.13. The molecule has 110 valence electrons. The minimum Gasteiger partial charge on any atom is -0.468 e. The van der Waals surface area contributed by atoms with Gasteiger partial charge < -0.3 is 10.1 Å². The molecular weight excluding hydrogens is 268 g/mol. The smallest absolute Gasteiger partial charge is 0.325 e. The Morgan fingerprint density at radius 2 is 2.10 bits per heavy atom. The van der Waals surface area contributed by atoms with Gasteiger partial charge in [0.2, 0.25) is 5.91 Å². The van der Waals surface area contributed by atoms with Crippen LogP contribution in [0.3, 0.4) is 0 Å². The first-order chi connectivity index (χ1) is 9.29. The molecule has 0 saturated carbocycles. The maximum absolute atomic E-state index is 11.9. The molecule has 1 atom stereocenters. The van der Waals surface area contributed by atoms with Gasteiger partial charge in [-0.1, -0.05) is 0 Å². The fraction of sp³-hybridized carbons (Fsp3) is 0.545. The third-order valence-electron chi connectivity index (χ3n) is 2.85. The molecule has 1 aromatic rings. The van der Waals surface area contributed by atoms with Crippen LogP contribution in [0.4, 0.5) is 5.69 Å². The molecule has 9 nitrogen and oxygen atoms in total. The Kier molecular flexibility index (Phi) is 4.78. The Bertz CT molecular complexity index is 551. The van der Waals surface area contributed by atoms with E-state index >= 15 is 0 Å². The highest BCUT2D eigenvalue weighted by atomic mass is 16.6. The van der Waals surface area contributed by atoms with E-state index in [-0.39, 0.29) is 23.6 Å². The third-order valence-corrected chi connectivity index (χ3v) is 2.85. The minimum atomic E-state index is -0.771. The van der Waals surface area contributed by atoms with Crippen molar-refractivity contribution in [3.8, 4) is 0 Å². The van der Waals surface area contributed by atoms with Crippen molar-refractivity contribution in [2.45, 2.75) is 26.8 Å². The van der Waals surface area contributed by atoms with E-state index in [0.717, 1.165) is 0 Å². The number of methoxy groups -OCH3 is 1. The number of aryl methyl sites for hydroxylation is 1. The Balaban J connectivity index is 2.90. The first-order valence-corrected chi connectivity index (χ1v) is 5.84. The van der Waals surface area contributed by atoms with Gasteiger partial charge in [-0.15, -0.1) is 0 Å². The summed E-state index contributed by atoms with van der Waals surface area (Å²) in [5.74, 6) is -1.05. The number of carbonyl (C=O) groups is 2. The summed E-state index contributed by atoms with van der Waals surface area (Å²) in [6.07, 6.45) is 0. The summed E-state index contributed by atoms with van der Waals surface area (Å²) >= 11 is 0. The summed E-state index contributed by atoms with van der Waals surface area (Å²) in [5, 5.41) is 17.3. The molecule has 9 heteroatoms. The molecule has 0 aromatic carbocycles. The van der Waals surface area contributed by atoms with Gasteiger partial charge in [-0.05, 0) is 20.8 Å². The van der Waals surface area contributed by atoms with E-state index in [9.17, 15) is 19.7 Å². The number of carbonyl (C=O) groups excluding carboxylic acids is 2. The number of amides is 1. The molecule has 20 heavy (non-hydrogen) atoms. The van der Waals surface area contributed by atoms with Gasteiger partial charge in [-0.25, -0.2) is 0 Å². The number of esters is 1. The van der Waals surface area contributed by atoms with Crippen molar-refractivity contribution in [2.24, 2.45) is 0 Å². The molecule has 0 fully saturated rings. The Morgan fingerprint density at radius 3 is 2.55 bits per heavy atom. The molecule has 1 rings (SSSR count). The molecule has 1 N–H and O–H groups in total. The number of ether oxygens (including phenoxy) is 1. The van der Waals surface area contributed by atoms with Crippen LogP contribution in [-0.2, 0) is 14.3 Å². The number of hydrogen-bond donors (Lipinski definition) is 1. The quantitative estimate of drug-likeness (QED) is 0.471. The van der Waals surface area contributed by atoms with Crippen LogP contribution in [0.15, 0.2) is 0 Å². The number of nitro groups is 1. The molecule has 0 aliphatic heterocycles. The van der Waals surface area contributed by atoms with Gasteiger partial charge in [-0.3, -0.25) is 24.4 Å². The lowest BCUT2D eigenvalue weighted by Crippen LogP contribution is -2.35. The van der Waals surface area contributed by atoms with Gasteiger partial charge >= 0.3 is 11.7 Å². The maximum atomic E-state index is 11.9. The van der Waals surface area contributed by atoms with E-state index < -0.39 is 22.8 Å². The van der Waals surface area contributed by atoms with Crippen molar-refractivity contribution in [3.05, 3.63) is 21.5 Å². The SMILES string of the molecule is COC(=O)CNC(=O)C(C)n1nc(C)c([N+](=O)[O-])c1C. The van der Waals surface area contributed by atoms with E-state index in [0.29, 0.717) is 0 Å². The summed E-state index contributed by atoms with van der Waals surface area (Å²) in [6.45, 7) is 4.29. The van der Waals surface area contributed by atoms with Gasteiger partial charge in [0.15, 0.2) is 0 Å². The molecule has 1 aromatic heterocycles. The molecule has 0 spiro atoms. The largest absolute Gasteiger partial charge is 0.468 e. The second-order valence-electron chi connectivity index (χ2n) is 4.19. The minimum absolute atomic E-state index is 0.113. The van der Waals surface area contributed by atoms with Crippen LogP contribution in [0, 0.1) is 24.0 Å². The average molecular weight is 284 g/mol. The van der Waals surface area contributed by atoms with Gasteiger partial charge in [0.25, 0.3) is 0 Å². The molecule has 0 aliphatic carbocycles. The summed E-state index contributed by atoms with van der Waals surface area (Å²) in [5.41, 5.74) is 0.408. The molecule has 1 unspecified atom stereocenters. The highest BCUT2D eigenvalue weighted by Crippen LogP contribution is 2.24. The topological polar surface area (TPSA) is 116 Å². The van der Waals surface area contributed by atoms with E-state index in [1.807, 2.05) is 0 Å². The Morgan fingerprint density at radius 1 is 1.50 bits per heavy atom. The van der Waals surface area contributed by atoms with Crippen LogP contribution in [-0.4, -0.2) is 40.2 Å². The van der Waals surface area contributed by atoms with Crippen molar-refractivity contribution in [1.29, 1.82) is 0 Å². The average Bonchev–Trinajstić information content (AvgIpc) is 2.69. The summed E-state index contributed by atoms with van der Waals surface area (Å²) in [4.78, 5) is 33.2. The van der Waals surface area contributed by atoms with Gasteiger partial charge in [0, 0.05) is 0 Å². The lowest BCUT2D eigenvalue weighted by atomic mass is 10.3. The number of nitrogens with one attached hydrogen (secondary N) is 1. The maximum Gasteiger partial charge on any atom is 0.325 e. The lowest BCUT2D eigenvalue weighted by Gasteiger charge is -2.13. The molecular formula is C11H16N4O5. The van der Waals surface area contributed by atoms with Crippen LogP contribution < -0.4 is 5.32 Å². The summed E-state index contributed by atoms with van der Waals surface area (Å²) < 4.78 is 5.66. The fourth-order valence-electron chi connectivity index (χ4n) is 1.79. The summed E-state index contributed by atoms with van der Waals surface area (Å²) in [7, 11) is 1.21. The molecule has 1 amide bonds. The van der Waals surface area contributed by atoms with Crippen LogP contribution in [0.5, 0.6) is 0 Å². The Hall–Kier alpha value is -2.45. The fourth-order valence-corrected chi connectivity index (χ4v) is 1.79. The highest BCUT2D eigenvalue weighted by molar-refractivity contribution is 5.84. The molecule has 0 bridgehead atoms. The van der Waals surface area contributed by atoms with E-state index in [1.54, 1.807) is 0 Å². The predicted octanol–water partition coefficient (Wildman–Crippen LogP) is 0.258. The normalized spacial score (nSPS) is 11.8.